The molecule has 0 radical (unpaired) electrons. The Morgan fingerprint density at radius 2 is 1.73 bits per heavy atom. The van der Waals surface area contributed by atoms with Gasteiger partial charge in [0.2, 0.25) is 0 Å². The third kappa shape index (κ3) is 10.1. The molecule has 7 heterocycles. The molecule has 2 bridgehead atoms. The van der Waals surface area contributed by atoms with E-state index in [1.54, 1.807) is 13.2 Å². The predicted molar refractivity (Wildman–Crippen MR) is 319 cm³/mol. The van der Waals surface area contributed by atoms with E-state index in [0.29, 0.717) is 30.5 Å². The van der Waals surface area contributed by atoms with Crippen molar-refractivity contribution in [1.82, 2.24) is 19.7 Å². The Hall–Kier alpha value is -7.70. The molecule has 2 amide bonds. The number of fused-ring (bicyclic) bond motifs is 6. The molecule has 85 heavy (non-hydrogen) atoms. The molecule has 11 rings (SSSR count). The summed E-state index contributed by atoms with van der Waals surface area (Å²) in [6, 6.07) is 14.5. The van der Waals surface area contributed by atoms with E-state index in [1.807, 2.05) is 27.0 Å². The molecule has 3 aromatic carbocycles. The molecule has 6 aliphatic heterocycles. The van der Waals surface area contributed by atoms with Gasteiger partial charge in [0.1, 0.15) is 18.1 Å². The van der Waals surface area contributed by atoms with Crippen LogP contribution in [-0.4, -0.2) is 156 Å². The van der Waals surface area contributed by atoms with Crippen molar-refractivity contribution in [3.05, 3.63) is 134 Å². The number of anilines is 1. The van der Waals surface area contributed by atoms with Crippen LogP contribution in [0.4, 0.5) is 11.4 Å². The molecule has 1 unspecified atom stereocenters. The topological polar surface area (TPSA) is 242 Å². The second-order valence-electron chi connectivity index (χ2n) is 24.6. The van der Waals surface area contributed by atoms with Crippen molar-refractivity contribution >= 4 is 63.5 Å². The maximum Gasteiger partial charge on any atom is 0.373 e. The Bertz CT molecular complexity index is 3540. The van der Waals surface area contributed by atoms with E-state index >= 15 is 0 Å². The number of aromatic amines is 1. The van der Waals surface area contributed by atoms with Crippen molar-refractivity contribution in [1.29, 1.82) is 0 Å². The molecule has 1 aromatic heterocycles. The monoisotopic (exact) mass is 1160 g/mol. The SMILES string of the molecule is CCC1=C[C@H]2CN(CCc3c([nH]c4ccc(C(C)=NCC(=O)c5ccc(CC(=O)CCCCCN6C(=O)C=CC6=O)cc5[N+](=O)[O-])cc34)[C@@](C)(c3cc4c(cc3OC)N(C)[C@H]3[C@@](O)(C(=O)OC)[C@H](C)[C@]5(CC)C=CCN6CC[C@]43[C@@H]65)C2)C1.O=C=O. The Morgan fingerprint density at radius 1 is 0.976 bits per heavy atom. The number of aromatic nitrogens is 1. The molecule has 1 aliphatic carbocycles. The van der Waals surface area contributed by atoms with E-state index in [1.165, 1.54) is 47.4 Å². The number of nitrogens with zero attached hydrogens (tertiary/aromatic N) is 6. The Morgan fingerprint density at radius 3 is 2.42 bits per heavy atom. The average molecular weight is 1160 g/mol. The summed E-state index contributed by atoms with van der Waals surface area (Å²) in [5.74, 6) is -1.39. The lowest BCUT2D eigenvalue weighted by atomic mass is 9.45. The molecule has 4 aromatic rings. The van der Waals surface area contributed by atoms with Gasteiger partial charge in [0.15, 0.2) is 11.4 Å². The summed E-state index contributed by atoms with van der Waals surface area (Å²) in [6.45, 7) is 14.9. The zero-order chi connectivity index (χ0) is 60.9. The van der Waals surface area contributed by atoms with Gasteiger partial charge in [0, 0.05) is 139 Å². The number of carbonyl (C=O) groups is 5. The lowest BCUT2D eigenvalue weighted by molar-refractivity contribution is -0.385. The normalized spacial score (nSPS) is 28.2. The lowest BCUT2D eigenvalue weighted by Gasteiger charge is -2.64. The van der Waals surface area contributed by atoms with Crippen LogP contribution >= 0.6 is 0 Å². The number of benzene rings is 3. The van der Waals surface area contributed by atoms with Crippen LogP contribution in [-0.2, 0) is 57.2 Å². The van der Waals surface area contributed by atoms with Gasteiger partial charge < -0.3 is 24.5 Å². The number of methoxy groups -OCH3 is 2. The van der Waals surface area contributed by atoms with E-state index in [0.717, 1.165) is 110 Å². The molecule has 19 nitrogen and oxygen atoms in total. The maximum absolute atomic E-state index is 14.4. The van der Waals surface area contributed by atoms with Gasteiger partial charge in [-0.1, -0.05) is 63.1 Å². The first-order valence-corrected chi connectivity index (χ1v) is 29.8. The number of imide groups is 1. The van der Waals surface area contributed by atoms with E-state index < -0.39 is 50.5 Å². The Labute approximate surface area is 495 Å². The number of H-pyrrole nitrogens is 1. The minimum Gasteiger partial charge on any atom is -0.496 e. The van der Waals surface area contributed by atoms with Crippen molar-refractivity contribution in [2.24, 2.45) is 22.2 Å². The number of ketones is 2. The highest BCUT2D eigenvalue weighted by Gasteiger charge is 2.78. The molecule has 1 saturated carbocycles. The van der Waals surface area contributed by atoms with E-state index in [4.69, 9.17) is 24.1 Å². The van der Waals surface area contributed by atoms with Crippen LogP contribution in [0.5, 0.6) is 5.75 Å². The zero-order valence-corrected chi connectivity index (χ0v) is 50.0. The van der Waals surface area contributed by atoms with Crippen molar-refractivity contribution in [2.75, 3.05) is 72.0 Å². The number of rotatable bonds is 18. The highest BCUT2D eigenvalue weighted by atomic mass is 16.6. The smallest absolute Gasteiger partial charge is 0.373 e. The van der Waals surface area contributed by atoms with E-state index in [2.05, 4.69) is 82.9 Å². The fraction of sp³-hybridized carbons (Fsp3) is 0.500. The first-order chi connectivity index (χ1) is 40.7. The molecule has 1 spiro atoms. The van der Waals surface area contributed by atoms with Crippen LogP contribution in [0, 0.1) is 27.4 Å². The third-order valence-electron chi connectivity index (χ3n) is 20.3. The molecule has 448 valence electrons. The number of likely N-dealkylation sites (N-methyl/N-ethyl adjacent to an activating group) is 1. The number of Topliss-reactive ketones (excluding diaryl/α,β-unsaturated/α-hetero) is 2. The van der Waals surface area contributed by atoms with Gasteiger partial charge in [-0.15, -0.1) is 0 Å². The number of hydrogen-bond donors (Lipinski definition) is 2. The van der Waals surface area contributed by atoms with E-state index in [9.17, 15) is 39.2 Å². The molecule has 7 aliphatic rings. The number of amides is 2. The number of nitro groups is 1. The molecule has 2 N–H and O–H groups in total. The van der Waals surface area contributed by atoms with Crippen molar-refractivity contribution in [3.8, 4) is 5.75 Å². The van der Waals surface area contributed by atoms with Crippen molar-refractivity contribution < 1.29 is 53.1 Å². The highest BCUT2D eigenvalue weighted by Crippen LogP contribution is 2.69. The zero-order valence-electron chi connectivity index (χ0n) is 50.0. The molecular formula is C66H77N7O12. The fourth-order valence-electron chi connectivity index (χ4n) is 16.4. The number of aliphatic hydroxyl groups is 1. The second-order valence-corrected chi connectivity index (χ2v) is 24.6. The number of unbranched alkanes of at least 4 members (excludes halogenated alkanes) is 2. The number of hydrogen-bond acceptors (Lipinski definition) is 16. The minimum absolute atomic E-state index is 0.0163. The van der Waals surface area contributed by atoms with Gasteiger partial charge in [0.05, 0.1) is 30.7 Å². The maximum atomic E-state index is 14.4. The Balaban J connectivity index is 0.00000262. The van der Waals surface area contributed by atoms with Gasteiger partial charge in [-0.25, -0.2) is 4.79 Å². The predicted octanol–water partition coefficient (Wildman–Crippen LogP) is 7.96. The van der Waals surface area contributed by atoms with Crippen LogP contribution < -0.4 is 9.64 Å². The number of ether oxygens (including phenoxy) is 2. The van der Waals surface area contributed by atoms with Crippen molar-refractivity contribution in [2.45, 2.75) is 127 Å². The van der Waals surface area contributed by atoms with Crippen LogP contribution in [0.15, 0.2) is 89.5 Å². The van der Waals surface area contributed by atoms with Gasteiger partial charge in [-0.05, 0) is 118 Å². The summed E-state index contributed by atoms with van der Waals surface area (Å²) in [4.78, 5) is 110. The second kappa shape index (κ2) is 23.6. The molecule has 2 fully saturated rings. The van der Waals surface area contributed by atoms with Crippen molar-refractivity contribution in [3.63, 3.8) is 0 Å². The van der Waals surface area contributed by atoms with Crippen LogP contribution in [0.25, 0.3) is 10.9 Å². The minimum atomic E-state index is -1.83. The summed E-state index contributed by atoms with van der Waals surface area (Å²) in [5, 5.41) is 26.8. The average Bonchev–Trinajstić information content (AvgIpc) is 1.77. The summed E-state index contributed by atoms with van der Waals surface area (Å²) < 4.78 is 12.1. The number of nitrogens with one attached hydrogen (secondary N) is 1. The Kier molecular flexibility index (Phi) is 16.8. The van der Waals surface area contributed by atoms with Crippen LogP contribution in [0.2, 0.25) is 0 Å². The van der Waals surface area contributed by atoms with Crippen LogP contribution in [0.1, 0.15) is 130 Å². The van der Waals surface area contributed by atoms with Gasteiger partial charge >= 0.3 is 12.1 Å². The quantitative estimate of drug-likeness (QED) is 0.0140. The van der Waals surface area contributed by atoms with Gasteiger partial charge in [-0.2, -0.15) is 9.59 Å². The standard InChI is InChI=1S/C65H77N7O10.CO2/c1-9-41-29-43-35-62(5,50-33-49-53(34-55(50)81-7)68(6)60-64(49)24-28-70-25-14-23-63(10-2,59(64)70)40(4)65(60,78)61(77)82-8)58-46(22-27-69(37-41)38-43)48-32-44(17-19-51(48)67-58)39(3)66-36-54(74)47-18-16-42(31-52(47)72(79)80)30-45(73)15-12-11-13-26-71-56(75)20-21-57(71)76;2-1-3/h14,16-21,23,29,31-34,40,43,59-60,67,78H,9-13,15,22,24-28,30,35-38H2,1-8H3;/t40-,43-,59+,60-,62-,63+,64-,65-;/m1./s1. The summed E-state index contributed by atoms with van der Waals surface area (Å²) in [5.41, 5.74) is 5.57. The van der Waals surface area contributed by atoms with Gasteiger partial charge in [-0.3, -0.25) is 49.0 Å². The summed E-state index contributed by atoms with van der Waals surface area (Å²) in [6.07, 6.45) is 15.7. The largest absolute Gasteiger partial charge is 0.496 e. The number of carbonyl (C=O) groups excluding carboxylic acids is 7. The molecular weight excluding hydrogens is 1080 g/mol. The molecule has 19 heteroatoms. The van der Waals surface area contributed by atoms with Gasteiger partial charge in [0.25, 0.3) is 17.5 Å². The first kappa shape index (κ1) is 60.4. The first-order valence-electron chi connectivity index (χ1n) is 29.8. The summed E-state index contributed by atoms with van der Waals surface area (Å²) in [7, 11) is 5.14. The number of esters is 1. The summed E-state index contributed by atoms with van der Waals surface area (Å²) >= 11 is 0. The van der Waals surface area contributed by atoms with E-state index in [-0.39, 0.29) is 72.9 Å². The lowest BCUT2D eigenvalue weighted by Crippen LogP contribution is -2.78. The number of nitro benzene ring substituents is 1. The third-order valence-corrected chi connectivity index (χ3v) is 20.3. The molecule has 1 saturated heterocycles. The van der Waals surface area contributed by atoms with Crippen LogP contribution in [0.3, 0.4) is 0 Å². The fourth-order valence-corrected chi connectivity index (χ4v) is 16.4. The molecule has 9 atom stereocenters. The highest BCUT2D eigenvalue weighted by molar-refractivity contribution is 6.13. The number of aliphatic imine (C=N–C) groups is 1.